The summed E-state index contributed by atoms with van der Waals surface area (Å²) in [7, 11) is -3.87. The summed E-state index contributed by atoms with van der Waals surface area (Å²) in [5.74, 6) is 0.191. The minimum absolute atomic E-state index is 0.0528. The summed E-state index contributed by atoms with van der Waals surface area (Å²) in [4.78, 5) is 0. The zero-order valence-electron chi connectivity index (χ0n) is 10.2. The van der Waals surface area contributed by atoms with Gasteiger partial charge in [0.15, 0.2) is 4.21 Å². The largest absolute Gasteiger partial charge is 0.378 e. The van der Waals surface area contributed by atoms with Gasteiger partial charge >= 0.3 is 10.1 Å². The number of rotatable bonds is 4. The molecule has 0 unspecified atom stereocenters. The number of thiophene rings is 1. The predicted octanol–water partition coefficient (Wildman–Crippen LogP) is 2.14. The van der Waals surface area contributed by atoms with Crippen LogP contribution in [0.4, 0.5) is 0 Å². The molecule has 0 radical (unpaired) electrons. The Kier molecular flexibility index (Phi) is 3.62. The van der Waals surface area contributed by atoms with Gasteiger partial charge in [-0.05, 0) is 46.8 Å². The van der Waals surface area contributed by atoms with Crippen LogP contribution in [0.1, 0.15) is 0 Å². The van der Waals surface area contributed by atoms with Crippen LogP contribution in [0.3, 0.4) is 0 Å². The minimum atomic E-state index is -3.87. The number of halogens is 1. The third-order valence-corrected chi connectivity index (χ3v) is 5.38. The molecule has 21 heavy (non-hydrogen) atoms. The van der Waals surface area contributed by atoms with E-state index in [9.17, 15) is 8.42 Å². The Morgan fingerprint density at radius 1 is 1.14 bits per heavy atom. The third-order valence-electron chi connectivity index (χ3n) is 2.45. The smallest absolute Gasteiger partial charge is 0.348 e. The first-order valence-corrected chi connectivity index (χ1v) is 8.18. The van der Waals surface area contributed by atoms with Gasteiger partial charge in [0.2, 0.25) is 0 Å². The van der Waals surface area contributed by atoms with E-state index in [1.165, 1.54) is 35.3 Å². The van der Waals surface area contributed by atoms with Crippen LogP contribution in [-0.2, 0) is 10.1 Å². The van der Waals surface area contributed by atoms with E-state index in [4.69, 9.17) is 15.8 Å². The zero-order valence-corrected chi connectivity index (χ0v) is 12.6. The monoisotopic (exact) mass is 342 g/mol. The quantitative estimate of drug-likeness (QED) is 0.675. The van der Waals surface area contributed by atoms with Crippen molar-refractivity contribution in [3.05, 3.63) is 47.1 Å². The molecule has 0 saturated heterocycles. The van der Waals surface area contributed by atoms with E-state index >= 15 is 0 Å². The molecule has 10 heteroatoms. The normalized spacial score (nSPS) is 11.5. The molecule has 0 amide bonds. The van der Waals surface area contributed by atoms with Crippen LogP contribution < -0.4 is 4.18 Å². The van der Waals surface area contributed by atoms with Crippen LogP contribution in [0.5, 0.6) is 5.75 Å². The van der Waals surface area contributed by atoms with Gasteiger partial charge in [0.05, 0.1) is 10.0 Å². The Labute approximate surface area is 128 Å². The number of benzene rings is 1. The molecule has 0 spiro atoms. The number of hydrogen-bond donors (Lipinski definition) is 0. The maximum atomic E-state index is 12.0. The lowest BCUT2D eigenvalue weighted by atomic mass is 10.3. The predicted molar refractivity (Wildman–Crippen MR) is 76.3 cm³/mol. The molecule has 2 heterocycles. The first-order valence-electron chi connectivity index (χ1n) is 5.58. The van der Waals surface area contributed by atoms with E-state index in [1.54, 1.807) is 12.1 Å². The molecule has 0 aliphatic carbocycles. The average Bonchev–Trinajstić information content (AvgIpc) is 3.10. The van der Waals surface area contributed by atoms with Crippen LogP contribution in [0.15, 0.2) is 46.9 Å². The molecule has 0 fully saturated rings. The van der Waals surface area contributed by atoms with Crippen LogP contribution in [0, 0.1) is 0 Å². The van der Waals surface area contributed by atoms with Crippen molar-refractivity contribution >= 4 is 33.1 Å². The van der Waals surface area contributed by atoms with Crippen LogP contribution in [-0.4, -0.2) is 28.6 Å². The van der Waals surface area contributed by atoms with E-state index in [2.05, 4.69) is 15.5 Å². The number of aromatic nitrogens is 4. The third kappa shape index (κ3) is 3.04. The van der Waals surface area contributed by atoms with Gasteiger partial charge in [-0.1, -0.05) is 11.6 Å². The fraction of sp³-hybridized carbons (Fsp3) is 0. The fourth-order valence-corrected chi connectivity index (χ4v) is 3.91. The summed E-state index contributed by atoms with van der Waals surface area (Å²) >= 11 is 6.66. The van der Waals surface area contributed by atoms with Crippen molar-refractivity contribution in [3.8, 4) is 11.4 Å². The molecule has 2 aromatic heterocycles. The molecular weight excluding hydrogens is 336 g/mol. The Morgan fingerprint density at radius 2 is 1.90 bits per heavy atom. The highest BCUT2D eigenvalue weighted by molar-refractivity contribution is 7.89. The minimum Gasteiger partial charge on any atom is -0.378 e. The van der Waals surface area contributed by atoms with Crippen LogP contribution in [0.25, 0.3) is 5.69 Å². The molecule has 0 atom stereocenters. The van der Waals surface area contributed by atoms with Gasteiger partial charge in [-0.3, -0.25) is 0 Å². The first-order chi connectivity index (χ1) is 10.0. The standard InChI is InChI=1S/C11H7ClN4O3S2/c12-10-5-6-11(20-10)21(17,18)19-9-3-1-8(2-4-9)16-7-13-14-15-16/h1-7H. The van der Waals surface area contributed by atoms with E-state index in [1.807, 2.05) is 0 Å². The molecule has 3 aromatic rings. The molecule has 0 bridgehead atoms. The van der Waals surface area contributed by atoms with E-state index < -0.39 is 10.1 Å². The Bertz CT molecular complexity index is 844. The number of tetrazole rings is 1. The van der Waals surface area contributed by atoms with Gasteiger partial charge in [-0.15, -0.1) is 16.4 Å². The molecule has 7 nitrogen and oxygen atoms in total. The molecule has 0 saturated carbocycles. The Hall–Kier alpha value is -1.97. The van der Waals surface area contributed by atoms with E-state index in [0.717, 1.165) is 11.3 Å². The van der Waals surface area contributed by atoms with Crippen LogP contribution in [0.2, 0.25) is 4.34 Å². The van der Waals surface area contributed by atoms with Crippen molar-refractivity contribution in [1.29, 1.82) is 0 Å². The zero-order chi connectivity index (χ0) is 14.9. The lowest BCUT2D eigenvalue weighted by molar-refractivity contribution is 0.488. The van der Waals surface area contributed by atoms with E-state index in [-0.39, 0.29) is 9.96 Å². The summed E-state index contributed by atoms with van der Waals surface area (Å²) in [6.07, 6.45) is 1.43. The molecular formula is C11H7ClN4O3S2. The molecule has 0 aliphatic heterocycles. The van der Waals surface area contributed by atoms with Crippen molar-refractivity contribution in [3.63, 3.8) is 0 Å². The Morgan fingerprint density at radius 3 is 2.48 bits per heavy atom. The molecule has 1 aromatic carbocycles. The lowest BCUT2D eigenvalue weighted by Gasteiger charge is -2.05. The average molecular weight is 343 g/mol. The maximum absolute atomic E-state index is 12.0. The second-order valence-corrected chi connectivity index (χ2v) is 7.33. The van der Waals surface area contributed by atoms with Gasteiger partial charge in [0.1, 0.15) is 12.1 Å². The van der Waals surface area contributed by atoms with Gasteiger partial charge < -0.3 is 4.18 Å². The highest BCUT2D eigenvalue weighted by Gasteiger charge is 2.19. The summed E-state index contributed by atoms with van der Waals surface area (Å²) in [6.45, 7) is 0. The lowest BCUT2D eigenvalue weighted by Crippen LogP contribution is -2.08. The highest BCUT2D eigenvalue weighted by Crippen LogP contribution is 2.28. The first kappa shape index (κ1) is 14.0. The van der Waals surface area contributed by atoms with Crippen molar-refractivity contribution in [2.45, 2.75) is 4.21 Å². The molecule has 108 valence electrons. The molecule has 3 rings (SSSR count). The summed E-state index contributed by atoms with van der Waals surface area (Å²) < 4.78 is 31.0. The highest BCUT2D eigenvalue weighted by atomic mass is 35.5. The SMILES string of the molecule is O=S(=O)(Oc1ccc(-n2cnnn2)cc1)c1ccc(Cl)s1. The second-order valence-electron chi connectivity index (χ2n) is 3.84. The van der Waals surface area contributed by atoms with Crippen LogP contribution >= 0.6 is 22.9 Å². The van der Waals surface area contributed by atoms with Gasteiger partial charge in [-0.25, -0.2) is 4.68 Å². The summed E-state index contributed by atoms with van der Waals surface area (Å²) in [6, 6.07) is 9.22. The summed E-state index contributed by atoms with van der Waals surface area (Å²) in [5.41, 5.74) is 0.684. The van der Waals surface area contributed by atoms with Gasteiger partial charge in [-0.2, -0.15) is 8.42 Å². The Balaban J connectivity index is 1.82. The van der Waals surface area contributed by atoms with Crippen molar-refractivity contribution in [2.75, 3.05) is 0 Å². The number of hydrogen-bond acceptors (Lipinski definition) is 7. The number of nitrogens with zero attached hydrogens (tertiary/aromatic N) is 4. The fourth-order valence-electron chi connectivity index (χ4n) is 1.53. The second kappa shape index (κ2) is 5.43. The van der Waals surface area contributed by atoms with Crippen molar-refractivity contribution in [2.24, 2.45) is 0 Å². The topological polar surface area (TPSA) is 87.0 Å². The molecule has 0 aliphatic rings. The maximum Gasteiger partial charge on any atom is 0.348 e. The summed E-state index contributed by atoms with van der Waals surface area (Å²) in [5, 5.41) is 10.8. The van der Waals surface area contributed by atoms with Gasteiger partial charge in [0, 0.05) is 0 Å². The van der Waals surface area contributed by atoms with Crippen molar-refractivity contribution < 1.29 is 12.6 Å². The molecule has 0 N–H and O–H groups in total. The van der Waals surface area contributed by atoms with Crippen molar-refractivity contribution in [1.82, 2.24) is 20.2 Å². The van der Waals surface area contributed by atoms with E-state index in [0.29, 0.717) is 10.0 Å². The van der Waals surface area contributed by atoms with Gasteiger partial charge in [0.25, 0.3) is 0 Å².